The third kappa shape index (κ3) is 4.31. The van der Waals surface area contributed by atoms with Crippen LogP contribution < -0.4 is 10.2 Å². The van der Waals surface area contributed by atoms with Gasteiger partial charge in [0.1, 0.15) is 0 Å². The van der Waals surface area contributed by atoms with E-state index in [4.69, 9.17) is 0 Å². The van der Waals surface area contributed by atoms with Crippen molar-refractivity contribution in [2.75, 3.05) is 11.4 Å². The van der Waals surface area contributed by atoms with E-state index in [1.807, 2.05) is 29.2 Å². The quantitative estimate of drug-likeness (QED) is 0.858. The van der Waals surface area contributed by atoms with Crippen LogP contribution in [-0.4, -0.2) is 18.4 Å². The Bertz CT molecular complexity index is 766. The smallest absolute Gasteiger partial charge is 0.227 e. The molecule has 0 saturated carbocycles. The summed E-state index contributed by atoms with van der Waals surface area (Å²) in [7, 11) is 0. The molecule has 4 nitrogen and oxygen atoms in total. The lowest BCUT2D eigenvalue weighted by Crippen LogP contribution is -2.29. The summed E-state index contributed by atoms with van der Waals surface area (Å²) >= 11 is 0. The van der Waals surface area contributed by atoms with Crippen LogP contribution in [-0.2, 0) is 16.0 Å². The van der Waals surface area contributed by atoms with Crippen molar-refractivity contribution in [2.45, 2.75) is 45.6 Å². The molecule has 0 radical (unpaired) electrons. The number of nitrogens with zero attached hydrogens (tertiary/aromatic N) is 1. The topological polar surface area (TPSA) is 49.4 Å². The summed E-state index contributed by atoms with van der Waals surface area (Å²) < 4.78 is 0. The van der Waals surface area contributed by atoms with Crippen LogP contribution in [0.3, 0.4) is 0 Å². The zero-order chi connectivity index (χ0) is 18.5. The SMILES string of the molecule is CC[C@@H](NC(=O)Cc1ccc(N2CCCC2=O)cc1)c1ccc(C)cc1. The standard InChI is InChI=1S/C22H26N2O2/c1-3-20(18-10-6-16(2)7-11-18)23-21(25)15-17-8-12-19(13-9-17)24-14-4-5-22(24)26/h6-13,20H,3-5,14-15H2,1-2H3,(H,23,25)/t20-/m1/s1. The van der Waals surface area contributed by atoms with Gasteiger partial charge < -0.3 is 10.2 Å². The van der Waals surface area contributed by atoms with Gasteiger partial charge in [-0.2, -0.15) is 0 Å². The van der Waals surface area contributed by atoms with Crippen LogP contribution in [0.5, 0.6) is 0 Å². The van der Waals surface area contributed by atoms with Crippen molar-refractivity contribution in [1.82, 2.24) is 5.32 Å². The predicted molar refractivity (Wildman–Crippen MR) is 104 cm³/mol. The lowest BCUT2D eigenvalue weighted by Gasteiger charge is -2.18. The summed E-state index contributed by atoms with van der Waals surface area (Å²) in [6.45, 7) is 4.92. The van der Waals surface area contributed by atoms with Gasteiger partial charge in [0.2, 0.25) is 11.8 Å². The van der Waals surface area contributed by atoms with Gasteiger partial charge in [-0.15, -0.1) is 0 Å². The van der Waals surface area contributed by atoms with Gasteiger partial charge in [-0.25, -0.2) is 0 Å². The molecule has 1 saturated heterocycles. The summed E-state index contributed by atoms with van der Waals surface area (Å²) in [5.41, 5.74) is 4.22. The maximum absolute atomic E-state index is 12.4. The Hall–Kier alpha value is -2.62. The van der Waals surface area contributed by atoms with E-state index in [0.717, 1.165) is 36.2 Å². The second-order valence-electron chi connectivity index (χ2n) is 6.93. The van der Waals surface area contributed by atoms with Crippen molar-refractivity contribution in [3.63, 3.8) is 0 Å². The number of carbonyl (C=O) groups is 2. The number of carbonyl (C=O) groups excluding carboxylic acids is 2. The van der Waals surface area contributed by atoms with Gasteiger partial charge in [0.25, 0.3) is 0 Å². The molecule has 2 aromatic rings. The Morgan fingerprint density at radius 3 is 2.38 bits per heavy atom. The minimum atomic E-state index is 0.0161. The number of anilines is 1. The van der Waals surface area contributed by atoms with Crippen LogP contribution in [0.15, 0.2) is 48.5 Å². The van der Waals surface area contributed by atoms with Gasteiger partial charge in [-0.3, -0.25) is 9.59 Å². The first kappa shape index (κ1) is 18.2. The number of nitrogens with one attached hydrogen (secondary N) is 1. The molecule has 1 atom stereocenters. The molecular weight excluding hydrogens is 324 g/mol. The van der Waals surface area contributed by atoms with Gasteiger partial charge >= 0.3 is 0 Å². The van der Waals surface area contributed by atoms with Crippen molar-refractivity contribution < 1.29 is 9.59 Å². The lowest BCUT2D eigenvalue weighted by atomic mass is 10.0. The summed E-state index contributed by atoms with van der Waals surface area (Å²) in [6.07, 6.45) is 2.74. The van der Waals surface area contributed by atoms with Crippen molar-refractivity contribution in [3.8, 4) is 0 Å². The molecule has 136 valence electrons. The molecule has 1 aliphatic heterocycles. The van der Waals surface area contributed by atoms with Crippen molar-refractivity contribution in [1.29, 1.82) is 0 Å². The van der Waals surface area contributed by atoms with Gasteiger partial charge in [-0.1, -0.05) is 48.9 Å². The van der Waals surface area contributed by atoms with Crippen molar-refractivity contribution in [2.24, 2.45) is 0 Å². The highest BCUT2D eigenvalue weighted by Gasteiger charge is 2.21. The first-order chi connectivity index (χ1) is 12.6. The molecule has 1 heterocycles. The zero-order valence-corrected chi connectivity index (χ0v) is 15.5. The number of hydrogen-bond acceptors (Lipinski definition) is 2. The van der Waals surface area contributed by atoms with E-state index in [0.29, 0.717) is 12.8 Å². The zero-order valence-electron chi connectivity index (χ0n) is 15.5. The van der Waals surface area contributed by atoms with Crippen molar-refractivity contribution >= 4 is 17.5 Å². The maximum atomic E-state index is 12.4. The molecule has 4 heteroatoms. The third-order valence-corrected chi connectivity index (χ3v) is 4.91. The third-order valence-electron chi connectivity index (χ3n) is 4.91. The van der Waals surface area contributed by atoms with Gasteiger partial charge in [-0.05, 0) is 43.0 Å². The van der Waals surface area contributed by atoms with Gasteiger partial charge in [0, 0.05) is 18.7 Å². The van der Waals surface area contributed by atoms with E-state index in [9.17, 15) is 9.59 Å². The Balaban J connectivity index is 1.60. The Kier molecular flexibility index (Phi) is 5.71. The number of benzene rings is 2. The molecule has 2 amide bonds. The van der Waals surface area contributed by atoms with Crippen LogP contribution in [0.25, 0.3) is 0 Å². The molecule has 0 aromatic heterocycles. The predicted octanol–water partition coefficient (Wildman–Crippen LogP) is 3.93. The van der Waals surface area contributed by atoms with E-state index in [1.165, 1.54) is 5.56 Å². The van der Waals surface area contributed by atoms with E-state index in [2.05, 4.69) is 43.4 Å². The van der Waals surface area contributed by atoms with Gasteiger partial charge in [0.15, 0.2) is 0 Å². The fourth-order valence-electron chi connectivity index (χ4n) is 3.37. The maximum Gasteiger partial charge on any atom is 0.227 e. The first-order valence-electron chi connectivity index (χ1n) is 9.32. The molecule has 0 aliphatic carbocycles. The Morgan fingerprint density at radius 2 is 1.81 bits per heavy atom. The molecule has 1 N–H and O–H groups in total. The monoisotopic (exact) mass is 350 g/mol. The number of rotatable bonds is 6. The Morgan fingerprint density at radius 1 is 1.12 bits per heavy atom. The number of amides is 2. The summed E-state index contributed by atoms with van der Waals surface area (Å²) in [5, 5.41) is 3.12. The van der Waals surface area contributed by atoms with Crippen LogP contribution >= 0.6 is 0 Å². The second kappa shape index (κ2) is 8.17. The fraction of sp³-hybridized carbons (Fsp3) is 0.364. The van der Waals surface area contributed by atoms with E-state index < -0.39 is 0 Å². The normalized spacial score (nSPS) is 15.2. The van der Waals surface area contributed by atoms with E-state index in [-0.39, 0.29) is 17.9 Å². The minimum absolute atomic E-state index is 0.0161. The van der Waals surface area contributed by atoms with Crippen molar-refractivity contribution in [3.05, 3.63) is 65.2 Å². The largest absolute Gasteiger partial charge is 0.349 e. The van der Waals surface area contributed by atoms with Crippen LogP contribution in [0.4, 0.5) is 5.69 Å². The summed E-state index contributed by atoms with van der Waals surface area (Å²) in [4.78, 5) is 26.1. The highest BCUT2D eigenvalue weighted by molar-refractivity contribution is 5.95. The molecule has 0 unspecified atom stereocenters. The average molecular weight is 350 g/mol. The highest BCUT2D eigenvalue weighted by atomic mass is 16.2. The molecule has 3 rings (SSSR count). The fourth-order valence-corrected chi connectivity index (χ4v) is 3.37. The summed E-state index contributed by atoms with van der Waals surface area (Å²) in [5.74, 6) is 0.196. The molecule has 1 fully saturated rings. The molecule has 0 spiro atoms. The van der Waals surface area contributed by atoms with Crippen LogP contribution in [0.2, 0.25) is 0 Å². The number of aryl methyl sites for hydroxylation is 1. The summed E-state index contributed by atoms with van der Waals surface area (Å²) in [6, 6.07) is 16.1. The molecule has 1 aliphatic rings. The minimum Gasteiger partial charge on any atom is -0.349 e. The second-order valence-corrected chi connectivity index (χ2v) is 6.93. The number of hydrogen-bond donors (Lipinski definition) is 1. The molecule has 26 heavy (non-hydrogen) atoms. The Labute approximate surface area is 155 Å². The van der Waals surface area contributed by atoms with E-state index >= 15 is 0 Å². The van der Waals surface area contributed by atoms with Gasteiger partial charge in [0.05, 0.1) is 12.5 Å². The van der Waals surface area contributed by atoms with E-state index in [1.54, 1.807) is 0 Å². The average Bonchev–Trinajstić information content (AvgIpc) is 3.07. The van der Waals surface area contributed by atoms with Crippen LogP contribution in [0.1, 0.15) is 48.9 Å². The van der Waals surface area contributed by atoms with Crippen LogP contribution in [0, 0.1) is 6.92 Å². The first-order valence-corrected chi connectivity index (χ1v) is 9.32. The lowest BCUT2D eigenvalue weighted by molar-refractivity contribution is -0.121. The highest BCUT2D eigenvalue weighted by Crippen LogP contribution is 2.22. The molecule has 2 aromatic carbocycles. The molecule has 0 bridgehead atoms. The molecular formula is C22H26N2O2.